The number of rotatable bonds is 6. The Morgan fingerprint density at radius 1 is 1.43 bits per heavy atom. The molecule has 0 radical (unpaired) electrons. The molecule has 0 saturated heterocycles. The number of anilines is 1. The van der Waals surface area contributed by atoms with Gasteiger partial charge in [-0.1, -0.05) is 19.0 Å². The van der Waals surface area contributed by atoms with Crippen LogP contribution in [0.2, 0.25) is 0 Å². The molecule has 4 N–H and O–H groups in total. The molecule has 1 unspecified atom stereocenters. The van der Waals surface area contributed by atoms with E-state index in [1.54, 1.807) is 13.8 Å². The zero-order valence-electron chi connectivity index (χ0n) is 18.5. The van der Waals surface area contributed by atoms with Crippen molar-refractivity contribution in [3.63, 3.8) is 0 Å². The maximum absolute atomic E-state index is 12.8. The Morgan fingerprint density at radius 3 is 2.80 bits per heavy atom. The van der Waals surface area contributed by atoms with Crippen molar-refractivity contribution in [1.82, 2.24) is 4.72 Å². The summed E-state index contributed by atoms with van der Waals surface area (Å²) in [6, 6.07) is 2.93. The molecule has 2 aromatic rings. The highest BCUT2D eigenvalue weighted by Crippen LogP contribution is 2.46. The summed E-state index contributed by atoms with van der Waals surface area (Å²) in [6.07, 6.45) is 6.04. The Labute approximate surface area is 178 Å². The van der Waals surface area contributed by atoms with Crippen molar-refractivity contribution in [3.8, 4) is 0 Å². The summed E-state index contributed by atoms with van der Waals surface area (Å²) in [7, 11) is -3.76. The van der Waals surface area contributed by atoms with Gasteiger partial charge in [0.05, 0.1) is 13.2 Å². The molecule has 2 aliphatic rings. The van der Waals surface area contributed by atoms with Crippen LogP contribution in [-0.4, -0.2) is 15.3 Å². The first-order valence-electron chi connectivity index (χ1n) is 10.8. The second-order valence-electron chi connectivity index (χ2n) is 8.88. The first-order valence-corrected chi connectivity index (χ1v) is 11.9. The van der Waals surface area contributed by atoms with Gasteiger partial charge in [0.1, 0.15) is 0 Å². The fourth-order valence-corrected chi connectivity index (χ4v) is 4.94. The van der Waals surface area contributed by atoms with E-state index in [-0.39, 0.29) is 11.0 Å². The Balaban J connectivity index is 1.60. The van der Waals surface area contributed by atoms with Crippen molar-refractivity contribution in [1.29, 1.82) is 4.78 Å². The molecule has 0 aliphatic heterocycles. The van der Waals surface area contributed by atoms with Crippen molar-refractivity contribution in [2.75, 3.05) is 5.32 Å². The summed E-state index contributed by atoms with van der Waals surface area (Å²) < 4.78 is 36.8. The molecule has 1 aromatic carbocycles. The average Bonchev–Trinajstić information content (AvgIpc) is 3.17. The fourth-order valence-electron chi connectivity index (χ4n) is 4.06. The van der Waals surface area contributed by atoms with E-state index in [4.69, 9.17) is 10.6 Å². The number of aliphatic hydroxyl groups is 1. The van der Waals surface area contributed by atoms with Crippen LogP contribution in [0.15, 0.2) is 33.9 Å². The normalized spacial score (nSPS) is 19.5. The molecular formula is C22H29N3O4S. The highest BCUT2D eigenvalue weighted by Gasteiger charge is 2.32. The zero-order valence-corrected chi connectivity index (χ0v) is 18.3. The molecule has 2 atom stereocenters. The maximum Gasteiger partial charge on any atom is 0.332 e. The summed E-state index contributed by atoms with van der Waals surface area (Å²) in [5.74, 6) is 0.760. The SMILES string of the molecule is [2H]c1cc([C@H](C)C2CC2)c(NC(=O)NS(=N)(=O)c2cc(C(C)(C)O)co2)c2c1CCC2. The Kier molecular flexibility index (Phi) is 4.86. The van der Waals surface area contributed by atoms with E-state index in [0.717, 1.165) is 48.8 Å². The van der Waals surface area contributed by atoms with E-state index < -0.39 is 21.5 Å². The number of benzene rings is 1. The van der Waals surface area contributed by atoms with Crippen molar-refractivity contribution in [2.24, 2.45) is 5.92 Å². The number of hydrogen-bond donors (Lipinski definition) is 4. The summed E-state index contributed by atoms with van der Waals surface area (Å²) >= 11 is 0. The van der Waals surface area contributed by atoms with Crippen LogP contribution in [0, 0.1) is 10.7 Å². The number of fused-ring (bicyclic) bond motifs is 1. The summed E-state index contributed by atoms with van der Waals surface area (Å²) in [4.78, 5) is 12.8. The average molecular weight is 433 g/mol. The van der Waals surface area contributed by atoms with Crippen LogP contribution in [0.25, 0.3) is 0 Å². The number of urea groups is 1. The lowest BCUT2D eigenvalue weighted by atomic mass is 9.91. The second-order valence-corrected chi connectivity index (χ2v) is 10.6. The van der Waals surface area contributed by atoms with Crippen LogP contribution < -0.4 is 10.0 Å². The predicted molar refractivity (Wildman–Crippen MR) is 115 cm³/mol. The van der Waals surface area contributed by atoms with Gasteiger partial charge in [-0.05, 0) is 74.5 Å². The van der Waals surface area contributed by atoms with Crippen LogP contribution in [0.1, 0.15) is 69.6 Å². The molecule has 7 nitrogen and oxygen atoms in total. The number of furan rings is 1. The summed E-state index contributed by atoms with van der Waals surface area (Å²) in [5, 5.41) is 12.7. The van der Waals surface area contributed by atoms with Crippen molar-refractivity contribution in [2.45, 2.75) is 69.5 Å². The van der Waals surface area contributed by atoms with Gasteiger partial charge in [0.2, 0.25) is 5.09 Å². The highest BCUT2D eigenvalue weighted by atomic mass is 32.2. The molecule has 30 heavy (non-hydrogen) atoms. The van der Waals surface area contributed by atoms with Gasteiger partial charge in [0.25, 0.3) is 0 Å². The lowest BCUT2D eigenvalue weighted by Crippen LogP contribution is -2.34. The third kappa shape index (κ3) is 4.11. The van der Waals surface area contributed by atoms with Crippen LogP contribution in [-0.2, 0) is 28.4 Å². The number of amides is 2. The molecule has 1 heterocycles. The largest absolute Gasteiger partial charge is 0.452 e. The summed E-state index contributed by atoms with van der Waals surface area (Å²) in [6.45, 7) is 5.21. The van der Waals surface area contributed by atoms with Gasteiger partial charge in [0, 0.05) is 17.3 Å². The van der Waals surface area contributed by atoms with E-state index in [1.165, 1.54) is 12.3 Å². The van der Waals surface area contributed by atoms with Gasteiger partial charge < -0.3 is 14.8 Å². The van der Waals surface area contributed by atoms with Gasteiger partial charge in [-0.25, -0.2) is 18.5 Å². The number of nitrogens with one attached hydrogen (secondary N) is 3. The molecule has 4 rings (SSSR count). The molecule has 0 spiro atoms. The first kappa shape index (κ1) is 19.6. The van der Waals surface area contributed by atoms with E-state index in [2.05, 4.69) is 17.0 Å². The smallest absolute Gasteiger partial charge is 0.332 e. The molecule has 162 valence electrons. The van der Waals surface area contributed by atoms with Crippen LogP contribution in [0.5, 0.6) is 0 Å². The fraction of sp³-hybridized carbons (Fsp3) is 0.500. The van der Waals surface area contributed by atoms with E-state index in [9.17, 15) is 14.1 Å². The van der Waals surface area contributed by atoms with E-state index >= 15 is 0 Å². The summed E-state index contributed by atoms with van der Waals surface area (Å²) in [5.41, 5.74) is 2.70. The minimum Gasteiger partial charge on any atom is -0.452 e. The zero-order chi connectivity index (χ0) is 22.6. The molecule has 2 amide bonds. The van der Waals surface area contributed by atoms with Gasteiger partial charge in [-0.3, -0.25) is 0 Å². The van der Waals surface area contributed by atoms with Crippen LogP contribution in [0.4, 0.5) is 10.5 Å². The van der Waals surface area contributed by atoms with Crippen LogP contribution in [0.3, 0.4) is 0 Å². The maximum atomic E-state index is 12.8. The minimum atomic E-state index is -3.76. The van der Waals surface area contributed by atoms with E-state index in [0.29, 0.717) is 23.2 Å². The predicted octanol–water partition coefficient (Wildman–Crippen LogP) is 4.65. The molecule has 1 fully saturated rings. The lowest BCUT2D eigenvalue weighted by molar-refractivity contribution is 0.0779. The quantitative estimate of drug-likeness (QED) is 0.532. The van der Waals surface area contributed by atoms with Gasteiger partial charge in [-0.15, -0.1) is 0 Å². The first-order chi connectivity index (χ1) is 14.5. The standard InChI is InChI=1S/C22H29N3O4S/c1-13(14-7-8-14)17-10-9-15-5-4-6-18(15)20(17)24-21(26)25-30(23,28)19-11-16(12-29-19)22(2,3)27/h9-14,27H,4-8H2,1-3H3,(H3,23,24,25,26,28)/t13-,30?/m1/s1/i9D. The van der Waals surface area contributed by atoms with Crippen molar-refractivity contribution < 1.29 is 19.9 Å². The third-order valence-corrected chi connectivity index (χ3v) is 7.32. The minimum absolute atomic E-state index is 0.213. The molecular weight excluding hydrogens is 402 g/mol. The Bertz CT molecular complexity index is 1130. The topological polar surface area (TPSA) is 115 Å². The molecule has 0 bridgehead atoms. The second kappa shape index (κ2) is 7.42. The Hall–Kier alpha value is -2.32. The van der Waals surface area contributed by atoms with E-state index in [1.807, 2.05) is 6.07 Å². The monoisotopic (exact) mass is 432 g/mol. The lowest BCUT2D eigenvalue weighted by Gasteiger charge is -2.20. The molecule has 8 heteroatoms. The Morgan fingerprint density at radius 2 is 2.17 bits per heavy atom. The molecule has 2 aliphatic carbocycles. The highest BCUT2D eigenvalue weighted by molar-refractivity contribution is 7.91. The van der Waals surface area contributed by atoms with Gasteiger partial charge in [-0.2, -0.15) is 0 Å². The number of carbonyl (C=O) groups excluding carboxylic acids is 1. The van der Waals surface area contributed by atoms with Gasteiger partial charge in [0.15, 0.2) is 9.92 Å². The molecule has 1 aromatic heterocycles. The number of carbonyl (C=O) groups is 1. The third-order valence-electron chi connectivity index (χ3n) is 6.07. The van der Waals surface area contributed by atoms with Crippen molar-refractivity contribution in [3.05, 3.63) is 46.7 Å². The molecule has 1 saturated carbocycles. The van der Waals surface area contributed by atoms with Crippen molar-refractivity contribution >= 4 is 21.6 Å². The van der Waals surface area contributed by atoms with Crippen LogP contribution >= 0.6 is 0 Å². The number of hydrogen-bond acceptors (Lipinski definition) is 5. The van der Waals surface area contributed by atoms with Gasteiger partial charge >= 0.3 is 6.03 Å².